The van der Waals surface area contributed by atoms with Crippen molar-refractivity contribution in [1.29, 1.82) is 0 Å². The molecule has 0 fully saturated rings. The van der Waals surface area contributed by atoms with Gasteiger partial charge in [-0.15, -0.1) is 16.7 Å². The SMILES string of the molecule is CC(Cl)CC(C)Nc1cncc2nnnn12. The molecule has 2 aromatic rings. The van der Waals surface area contributed by atoms with Gasteiger partial charge in [0.1, 0.15) is 0 Å². The number of halogens is 1. The standard InChI is InChI=1S/C9H13ClN6/c1-6(10)3-7(2)12-8-4-11-5-9-13-14-15-16(8)9/h4-7,12H,3H2,1-2H3. The van der Waals surface area contributed by atoms with Crippen LogP contribution in [0.5, 0.6) is 0 Å². The number of rotatable bonds is 4. The summed E-state index contributed by atoms with van der Waals surface area (Å²) in [6, 6.07) is 0.240. The van der Waals surface area contributed by atoms with Crippen LogP contribution in [-0.2, 0) is 0 Å². The highest BCUT2D eigenvalue weighted by atomic mass is 35.5. The van der Waals surface area contributed by atoms with Crippen LogP contribution >= 0.6 is 11.6 Å². The fraction of sp³-hybridized carbons (Fsp3) is 0.556. The molecule has 0 aliphatic carbocycles. The fourth-order valence-corrected chi connectivity index (χ4v) is 1.84. The first-order chi connectivity index (χ1) is 7.66. The Balaban J connectivity index is 2.17. The Morgan fingerprint density at radius 1 is 1.44 bits per heavy atom. The van der Waals surface area contributed by atoms with Crippen molar-refractivity contribution in [3.8, 4) is 0 Å². The minimum absolute atomic E-state index is 0.128. The lowest BCUT2D eigenvalue weighted by molar-refractivity contribution is 0.685. The second kappa shape index (κ2) is 4.61. The third-order valence-electron chi connectivity index (χ3n) is 2.18. The molecule has 2 unspecified atom stereocenters. The lowest BCUT2D eigenvalue weighted by Gasteiger charge is -2.15. The highest BCUT2D eigenvalue weighted by Gasteiger charge is 2.09. The van der Waals surface area contributed by atoms with Crippen LogP contribution < -0.4 is 5.32 Å². The molecule has 0 amide bonds. The Morgan fingerprint density at radius 2 is 2.25 bits per heavy atom. The summed E-state index contributed by atoms with van der Waals surface area (Å²) >= 11 is 5.93. The van der Waals surface area contributed by atoms with Crippen LogP contribution in [0.25, 0.3) is 5.65 Å². The molecule has 2 aromatic heterocycles. The van der Waals surface area contributed by atoms with E-state index in [1.807, 2.05) is 6.92 Å². The lowest BCUT2D eigenvalue weighted by Crippen LogP contribution is -2.20. The third-order valence-corrected chi connectivity index (χ3v) is 2.36. The number of nitrogens with zero attached hydrogens (tertiary/aromatic N) is 5. The van der Waals surface area contributed by atoms with Crippen LogP contribution in [0.15, 0.2) is 12.4 Å². The molecule has 0 bridgehead atoms. The number of anilines is 1. The normalized spacial score (nSPS) is 14.9. The van der Waals surface area contributed by atoms with E-state index < -0.39 is 0 Å². The van der Waals surface area contributed by atoms with Gasteiger partial charge in [0.2, 0.25) is 0 Å². The molecule has 0 aliphatic rings. The molecule has 16 heavy (non-hydrogen) atoms. The number of tetrazole rings is 1. The van der Waals surface area contributed by atoms with Crippen LogP contribution in [0.1, 0.15) is 20.3 Å². The monoisotopic (exact) mass is 240 g/mol. The first kappa shape index (κ1) is 11.1. The van der Waals surface area contributed by atoms with Crippen molar-refractivity contribution >= 4 is 23.1 Å². The van der Waals surface area contributed by atoms with Gasteiger partial charge in [-0.3, -0.25) is 4.98 Å². The second-order valence-electron chi connectivity index (χ2n) is 3.80. The van der Waals surface area contributed by atoms with Gasteiger partial charge in [-0.25, -0.2) is 0 Å². The van der Waals surface area contributed by atoms with E-state index in [0.29, 0.717) is 5.65 Å². The molecule has 2 heterocycles. The molecule has 7 heteroatoms. The predicted octanol–water partition coefficient (Wildman–Crippen LogP) is 1.34. The summed E-state index contributed by atoms with van der Waals surface area (Å²) in [6.45, 7) is 4.03. The summed E-state index contributed by atoms with van der Waals surface area (Å²) in [5.41, 5.74) is 0.621. The fourth-order valence-electron chi connectivity index (χ4n) is 1.57. The minimum atomic E-state index is 0.128. The zero-order valence-corrected chi connectivity index (χ0v) is 9.89. The van der Waals surface area contributed by atoms with E-state index in [9.17, 15) is 0 Å². The summed E-state index contributed by atoms with van der Waals surface area (Å²) in [7, 11) is 0. The Bertz CT molecular complexity index is 468. The van der Waals surface area contributed by atoms with E-state index >= 15 is 0 Å². The number of nitrogens with one attached hydrogen (secondary N) is 1. The Morgan fingerprint density at radius 3 is 3.00 bits per heavy atom. The number of hydrogen-bond acceptors (Lipinski definition) is 5. The molecule has 0 saturated carbocycles. The molecular weight excluding hydrogens is 228 g/mol. The third kappa shape index (κ3) is 2.38. The Hall–Kier alpha value is -1.43. The maximum atomic E-state index is 5.93. The van der Waals surface area contributed by atoms with Gasteiger partial charge < -0.3 is 5.32 Å². The second-order valence-corrected chi connectivity index (χ2v) is 4.55. The van der Waals surface area contributed by atoms with Crippen LogP contribution in [-0.4, -0.2) is 36.4 Å². The van der Waals surface area contributed by atoms with Crippen molar-refractivity contribution in [3.63, 3.8) is 0 Å². The van der Waals surface area contributed by atoms with Crippen molar-refractivity contribution < 1.29 is 0 Å². The quantitative estimate of drug-likeness (QED) is 0.817. The highest BCUT2D eigenvalue weighted by Crippen LogP contribution is 2.11. The number of alkyl halides is 1. The van der Waals surface area contributed by atoms with Gasteiger partial charge in [0.25, 0.3) is 0 Å². The van der Waals surface area contributed by atoms with E-state index in [1.165, 1.54) is 0 Å². The zero-order valence-electron chi connectivity index (χ0n) is 9.13. The number of hydrogen-bond donors (Lipinski definition) is 1. The van der Waals surface area contributed by atoms with E-state index in [1.54, 1.807) is 16.9 Å². The molecule has 0 spiro atoms. The molecule has 0 radical (unpaired) electrons. The number of aromatic nitrogens is 5. The van der Waals surface area contributed by atoms with Gasteiger partial charge >= 0.3 is 0 Å². The Kier molecular flexibility index (Phi) is 3.19. The smallest absolute Gasteiger partial charge is 0.199 e. The van der Waals surface area contributed by atoms with Crippen LogP contribution in [0.3, 0.4) is 0 Å². The van der Waals surface area contributed by atoms with Crippen molar-refractivity contribution in [2.75, 3.05) is 5.32 Å². The maximum Gasteiger partial charge on any atom is 0.199 e. The Labute approximate surface area is 98.0 Å². The first-order valence-corrected chi connectivity index (χ1v) is 5.53. The molecule has 0 aliphatic heterocycles. The molecule has 0 saturated heterocycles. The van der Waals surface area contributed by atoms with Crippen LogP contribution in [0.2, 0.25) is 0 Å². The summed E-state index contributed by atoms with van der Waals surface area (Å²) in [5.74, 6) is 0.771. The molecule has 2 atom stereocenters. The van der Waals surface area contributed by atoms with E-state index in [4.69, 9.17) is 11.6 Å². The van der Waals surface area contributed by atoms with Crippen molar-refractivity contribution in [2.24, 2.45) is 0 Å². The summed E-state index contributed by atoms with van der Waals surface area (Å²) in [4.78, 5) is 4.06. The van der Waals surface area contributed by atoms with E-state index in [2.05, 4.69) is 32.7 Å². The average molecular weight is 241 g/mol. The van der Waals surface area contributed by atoms with Gasteiger partial charge in [-0.2, -0.15) is 4.52 Å². The van der Waals surface area contributed by atoms with Gasteiger partial charge in [0.05, 0.1) is 12.4 Å². The largest absolute Gasteiger partial charge is 0.366 e. The maximum absolute atomic E-state index is 5.93. The van der Waals surface area contributed by atoms with Crippen molar-refractivity contribution in [2.45, 2.75) is 31.7 Å². The van der Waals surface area contributed by atoms with Gasteiger partial charge in [-0.1, -0.05) is 0 Å². The molecule has 86 valence electrons. The predicted molar refractivity (Wildman–Crippen MR) is 61.6 cm³/mol. The van der Waals surface area contributed by atoms with E-state index in [-0.39, 0.29) is 11.4 Å². The van der Waals surface area contributed by atoms with E-state index in [0.717, 1.165) is 12.2 Å². The summed E-state index contributed by atoms with van der Waals surface area (Å²) in [5, 5.41) is 14.7. The van der Waals surface area contributed by atoms with Gasteiger partial charge in [0.15, 0.2) is 11.5 Å². The molecule has 6 nitrogen and oxygen atoms in total. The molecule has 1 N–H and O–H groups in total. The molecule has 2 rings (SSSR count). The highest BCUT2D eigenvalue weighted by molar-refractivity contribution is 6.20. The van der Waals surface area contributed by atoms with Gasteiger partial charge in [-0.05, 0) is 30.7 Å². The number of fused-ring (bicyclic) bond motifs is 1. The topological polar surface area (TPSA) is 68.0 Å². The van der Waals surface area contributed by atoms with Crippen molar-refractivity contribution in [3.05, 3.63) is 12.4 Å². The molecular formula is C9H13ClN6. The van der Waals surface area contributed by atoms with Gasteiger partial charge in [0, 0.05) is 11.4 Å². The van der Waals surface area contributed by atoms with Crippen LogP contribution in [0, 0.1) is 0 Å². The molecule has 0 aromatic carbocycles. The first-order valence-electron chi connectivity index (χ1n) is 5.09. The lowest BCUT2D eigenvalue weighted by atomic mass is 10.2. The zero-order chi connectivity index (χ0) is 11.5. The van der Waals surface area contributed by atoms with Crippen LogP contribution in [0.4, 0.5) is 5.82 Å². The summed E-state index contributed by atoms with van der Waals surface area (Å²) in [6.07, 6.45) is 4.17. The minimum Gasteiger partial charge on any atom is -0.366 e. The summed E-state index contributed by atoms with van der Waals surface area (Å²) < 4.78 is 1.61. The average Bonchev–Trinajstić information content (AvgIpc) is 2.65. The van der Waals surface area contributed by atoms with Crippen molar-refractivity contribution in [1.82, 2.24) is 25.0 Å².